The van der Waals surface area contributed by atoms with E-state index in [0.29, 0.717) is 13.0 Å². The van der Waals surface area contributed by atoms with Gasteiger partial charge in [-0.3, -0.25) is 9.59 Å². The molecule has 6 nitrogen and oxygen atoms in total. The molecule has 1 saturated carbocycles. The number of fused-ring (bicyclic) bond motifs is 1. The highest BCUT2D eigenvalue weighted by Gasteiger charge is 2.55. The predicted octanol–water partition coefficient (Wildman–Crippen LogP) is 2.35. The number of amides is 1. The van der Waals surface area contributed by atoms with Crippen molar-refractivity contribution in [3.05, 3.63) is 23.9 Å². The molecule has 2 atom stereocenters. The van der Waals surface area contributed by atoms with Gasteiger partial charge in [-0.2, -0.15) is 13.2 Å². The number of nitrogens with zero attached hydrogens (tertiary/aromatic N) is 2. The van der Waals surface area contributed by atoms with Gasteiger partial charge < -0.3 is 14.7 Å². The number of carboxylic acid groups (broad SMARTS) is 1. The van der Waals surface area contributed by atoms with Gasteiger partial charge in [-0.1, -0.05) is 6.42 Å². The number of ether oxygens (including phenoxy) is 1. The molecule has 2 aliphatic rings. The summed E-state index contributed by atoms with van der Waals surface area (Å²) in [6.45, 7) is -0.933. The van der Waals surface area contributed by atoms with Crippen LogP contribution in [0.25, 0.3) is 0 Å². The fourth-order valence-corrected chi connectivity index (χ4v) is 3.72. The van der Waals surface area contributed by atoms with Crippen molar-refractivity contribution in [3.63, 3.8) is 0 Å². The quantitative estimate of drug-likeness (QED) is 0.894. The van der Waals surface area contributed by atoms with Crippen LogP contribution < -0.4 is 4.74 Å². The Morgan fingerprint density at radius 2 is 2.16 bits per heavy atom. The van der Waals surface area contributed by atoms with E-state index in [1.54, 1.807) is 0 Å². The Kier molecular flexibility index (Phi) is 4.34. The van der Waals surface area contributed by atoms with Crippen LogP contribution in [0.1, 0.15) is 29.6 Å². The Bertz CT molecular complexity index is 677. The van der Waals surface area contributed by atoms with Gasteiger partial charge >= 0.3 is 12.1 Å². The molecule has 25 heavy (non-hydrogen) atoms. The van der Waals surface area contributed by atoms with E-state index >= 15 is 0 Å². The molecule has 2 heterocycles. The van der Waals surface area contributed by atoms with Crippen LogP contribution in [0.5, 0.6) is 5.88 Å². The summed E-state index contributed by atoms with van der Waals surface area (Å²) in [5, 5.41) is 9.55. The van der Waals surface area contributed by atoms with Gasteiger partial charge in [0.15, 0.2) is 6.61 Å². The molecule has 2 fully saturated rings. The molecule has 0 unspecified atom stereocenters. The van der Waals surface area contributed by atoms with Crippen molar-refractivity contribution in [2.45, 2.75) is 25.4 Å². The summed E-state index contributed by atoms with van der Waals surface area (Å²) in [6, 6.07) is 2.53. The number of hydrogen-bond donors (Lipinski definition) is 1. The number of hydrogen-bond acceptors (Lipinski definition) is 4. The number of aromatic nitrogens is 1. The Morgan fingerprint density at radius 1 is 1.40 bits per heavy atom. The fourth-order valence-electron chi connectivity index (χ4n) is 3.72. The number of carbonyl (C=O) groups excluding carboxylic acids is 1. The lowest BCUT2D eigenvalue weighted by Gasteiger charge is -2.23. The summed E-state index contributed by atoms with van der Waals surface area (Å²) in [7, 11) is 0. The average Bonchev–Trinajstić information content (AvgIpc) is 3.10. The molecule has 0 aromatic carbocycles. The van der Waals surface area contributed by atoms with Crippen molar-refractivity contribution in [1.82, 2.24) is 9.88 Å². The van der Waals surface area contributed by atoms with Gasteiger partial charge in [-0.15, -0.1) is 0 Å². The van der Waals surface area contributed by atoms with Gasteiger partial charge in [0.1, 0.15) is 0 Å². The Morgan fingerprint density at radius 3 is 2.72 bits per heavy atom. The van der Waals surface area contributed by atoms with Crippen LogP contribution in [0.2, 0.25) is 0 Å². The van der Waals surface area contributed by atoms with Crippen molar-refractivity contribution in [3.8, 4) is 5.88 Å². The Balaban J connectivity index is 1.67. The van der Waals surface area contributed by atoms with Gasteiger partial charge in [0, 0.05) is 25.4 Å². The summed E-state index contributed by atoms with van der Waals surface area (Å²) in [5.41, 5.74) is -0.682. The minimum absolute atomic E-state index is 0.0590. The van der Waals surface area contributed by atoms with Crippen LogP contribution in [0.3, 0.4) is 0 Å². The maximum absolute atomic E-state index is 12.5. The number of pyridine rings is 1. The van der Waals surface area contributed by atoms with E-state index in [9.17, 15) is 27.9 Å². The Hall–Kier alpha value is -2.32. The van der Waals surface area contributed by atoms with Crippen molar-refractivity contribution < 1.29 is 32.6 Å². The smallest absolute Gasteiger partial charge is 0.422 e. The Labute approximate surface area is 141 Å². The minimum Gasteiger partial charge on any atom is -0.481 e. The zero-order valence-electron chi connectivity index (χ0n) is 13.3. The summed E-state index contributed by atoms with van der Waals surface area (Å²) >= 11 is 0. The van der Waals surface area contributed by atoms with E-state index in [-0.39, 0.29) is 29.8 Å². The summed E-state index contributed by atoms with van der Waals surface area (Å²) in [5.74, 6) is -1.53. The molecular weight excluding hydrogens is 341 g/mol. The van der Waals surface area contributed by atoms with Crippen molar-refractivity contribution in [1.29, 1.82) is 0 Å². The molecule has 1 amide bonds. The van der Waals surface area contributed by atoms with E-state index in [4.69, 9.17) is 0 Å². The lowest BCUT2D eigenvalue weighted by Crippen LogP contribution is -2.37. The van der Waals surface area contributed by atoms with Gasteiger partial charge in [0.25, 0.3) is 5.91 Å². The highest BCUT2D eigenvalue weighted by molar-refractivity contribution is 5.95. The molecule has 1 aliphatic carbocycles. The molecule has 1 saturated heterocycles. The van der Waals surface area contributed by atoms with Gasteiger partial charge in [0.05, 0.1) is 11.0 Å². The minimum atomic E-state index is -4.46. The highest BCUT2D eigenvalue weighted by Crippen LogP contribution is 2.49. The van der Waals surface area contributed by atoms with Crippen LogP contribution in [-0.4, -0.2) is 52.7 Å². The third-order valence-electron chi connectivity index (χ3n) is 4.95. The first-order chi connectivity index (χ1) is 11.7. The number of carboxylic acids is 1. The molecule has 1 aromatic heterocycles. The number of aliphatic carboxylic acids is 1. The molecule has 1 aromatic rings. The lowest BCUT2D eigenvalue weighted by molar-refractivity contribution is -0.154. The second kappa shape index (κ2) is 6.20. The van der Waals surface area contributed by atoms with Crippen molar-refractivity contribution >= 4 is 11.9 Å². The normalized spacial score (nSPS) is 25.7. The summed E-state index contributed by atoms with van der Waals surface area (Å²) < 4.78 is 40.8. The van der Waals surface area contributed by atoms with E-state index in [2.05, 4.69) is 9.72 Å². The first-order valence-electron chi connectivity index (χ1n) is 7.89. The number of rotatable bonds is 4. The molecule has 0 bridgehead atoms. The van der Waals surface area contributed by atoms with Gasteiger partial charge in [-0.05, 0) is 24.8 Å². The largest absolute Gasteiger partial charge is 0.481 e. The summed E-state index contributed by atoms with van der Waals surface area (Å²) in [4.78, 5) is 29.4. The molecule has 9 heteroatoms. The predicted molar refractivity (Wildman–Crippen MR) is 79.1 cm³/mol. The van der Waals surface area contributed by atoms with E-state index in [1.807, 2.05) is 0 Å². The van der Waals surface area contributed by atoms with E-state index in [1.165, 1.54) is 17.0 Å². The lowest BCUT2D eigenvalue weighted by atomic mass is 9.81. The van der Waals surface area contributed by atoms with E-state index in [0.717, 1.165) is 19.0 Å². The number of halogens is 3. The zero-order valence-corrected chi connectivity index (χ0v) is 13.3. The SMILES string of the molecule is O=C(c1ccc(OCC(F)(F)F)nc1)N1C[C@@H]2CCC[C@@]2(C(=O)O)C1. The fraction of sp³-hybridized carbons (Fsp3) is 0.562. The van der Waals surface area contributed by atoms with Crippen LogP contribution in [0.15, 0.2) is 18.3 Å². The summed E-state index contributed by atoms with van der Waals surface area (Å²) in [6.07, 6.45) is -1.15. The molecular formula is C16H17F3N2O4. The second-order valence-corrected chi connectivity index (χ2v) is 6.53. The molecule has 0 spiro atoms. The van der Waals surface area contributed by atoms with Crippen LogP contribution in [0, 0.1) is 11.3 Å². The number of alkyl halides is 3. The molecule has 0 radical (unpaired) electrons. The zero-order chi connectivity index (χ0) is 18.2. The number of likely N-dealkylation sites (tertiary alicyclic amines) is 1. The first-order valence-corrected chi connectivity index (χ1v) is 7.89. The monoisotopic (exact) mass is 358 g/mol. The maximum Gasteiger partial charge on any atom is 0.422 e. The average molecular weight is 358 g/mol. The molecule has 3 rings (SSSR count). The third-order valence-corrected chi connectivity index (χ3v) is 4.95. The van der Waals surface area contributed by atoms with Gasteiger partial charge in [0.2, 0.25) is 5.88 Å². The van der Waals surface area contributed by atoms with E-state index < -0.39 is 24.2 Å². The standard InChI is InChI=1S/C16H17F3N2O4/c17-16(18,19)9-25-12-4-3-10(6-20-12)13(22)21-7-11-2-1-5-15(11,8-21)14(23)24/h3-4,6,11H,1-2,5,7-9H2,(H,23,24)/t11-,15+/m0/s1. The van der Waals surface area contributed by atoms with Crippen molar-refractivity contribution in [2.75, 3.05) is 19.7 Å². The topological polar surface area (TPSA) is 79.7 Å². The maximum atomic E-state index is 12.5. The van der Waals surface area contributed by atoms with Gasteiger partial charge in [-0.25, -0.2) is 4.98 Å². The number of carbonyl (C=O) groups is 2. The second-order valence-electron chi connectivity index (χ2n) is 6.53. The van der Waals surface area contributed by atoms with Crippen LogP contribution in [-0.2, 0) is 4.79 Å². The molecule has 1 N–H and O–H groups in total. The highest BCUT2D eigenvalue weighted by atomic mass is 19.4. The van der Waals surface area contributed by atoms with Crippen LogP contribution in [0.4, 0.5) is 13.2 Å². The molecule has 136 valence electrons. The van der Waals surface area contributed by atoms with Crippen LogP contribution >= 0.6 is 0 Å². The third kappa shape index (κ3) is 3.40. The molecule has 1 aliphatic heterocycles. The first kappa shape index (κ1) is 17.5. The van der Waals surface area contributed by atoms with Crippen molar-refractivity contribution in [2.24, 2.45) is 11.3 Å².